The molecule has 0 unspecified atom stereocenters. The van der Waals surface area contributed by atoms with Gasteiger partial charge < -0.3 is 10.3 Å². The van der Waals surface area contributed by atoms with E-state index >= 15 is 0 Å². The number of carbonyl (C=O) groups is 1. The second kappa shape index (κ2) is 6.95. The van der Waals surface area contributed by atoms with Gasteiger partial charge >= 0.3 is 0 Å². The Morgan fingerprint density at radius 2 is 2.04 bits per heavy atom. The van der Waals surface area contributed by atoms with Gasteiger partial charge in [-0.05, 0) is 50.7 Å². The van der Waals surface area contributed by atoms with Crippen LogP contribution in [-0.2, 0) is 25.8 Å². The molecule has 0 atom stereocenters. The van der Waals surface area contributed by atoms with E-state index in [1.54, 1.807) is 6.07 Å². The van der Waals surface area contributed by atoms with Crippen LogP contribution in [0, 0.1) is 6.92 Å². The smallest absolute Gasteiger partial charge is 0.253 e. The van der Waals surface area contributed by atoms with Crippen molar-refractivity contribution in [3.63, 3.8) is 0 Å². The minimum atomic E-state index is -0.220. The van der Waals surface area contributed by atoms with Crippen molar-refractivity contribution in [2.24, 2.45) is 0 Å². The molecular weight excluding hydrogens is 304 g/mol. The van der Waals surface area contributed by atoms with Gasteiger partial charge in [-0.25, -0.2) is 9.97 Å². The van der Waals surface area contributed by atoms with Crippen molar-refractivity contribution >= 4 is 5.91 Å². The lowest BCUT2D eigenvalue weighted by Gasteiger charge is -2.17. The van der Waals surface area contributed by atoms with Gasteiger partial charge in [-0.1, -0.05) is 6.92 Å². The van der Waals surface area contributed by atoms with Gasteiger partial charge in [-0.3, -0.25) is 9.59 Å². The summed E-state index contributed by atoms with van der Waals surface area (Å²) in [6, 6.07) is 2.93. The molecule has 2 N–H and O–H groups in total. The van der Waals surface area contributed by atoms with Crippen molar-refractivity contribution in [1.29, 1.82) is 0 Å². The number of pyridine rings is 1. The van der Waals surface area contributed by atoms with Crippen LogP contribution in [0.15, 0.2) is 16.9 Å². The Labute approximate surface area is 140 Å². The molecule has 1 amide bonds. The molecule has 6 nitrogen and oxygen atoms in total. The van der Waals surface area contributed by atoms with Gasteiger partial charge in [0.05, 0.1) is 12.1 Å². The van der Waals surface area contributed by atoms with Crippen molar-refractivity contribution in [2.45, 2.75) is 52.5 Å². The number of aryl methyl sites for hydroxylation is 3. The summed E-state index contributed by atoms with van der Waals surface area (Å²) in [4.78, 5) is 35.6. The number of fused-ring (bicyclic) bond motifs is 1. The third kappa shape index (κ3) is 3.37. The van der Waals surface area contributed by atoms with Gasteiger partial charge in [-0.15, -0.1) is 0 Å². The highest BCUT2D eigenvalue weighted by Crippen LogP contribution is 2.21. The van der Waals surface area contributed by atoms with Crippen LogP contribution in [0.4, 0.5) is 0 Å². The fourth-order valence-corrected chi connectivity index (χ4v) is 3.19. The molecule has 2 aromatic rings. The molecular formula is C18H22N4O2. The van der Waals surface area contributed by atoms with Gasteiger partial charge in [0.15, 0.2) is 0 Å². The molecule has 0 saturated heterocycles. The Morgan fingerprint density at radius 3 is 2.83 bits per heavy atom. The van der Waals surface area contributed by atoms with Crippen LogP contribution < -0.4 is 10.9 Å². The van der Waals surface area contributed by atoms with E-state index in [2.05, 4.69) is 20.3 Å². The average molecular weight is 326 g/mol. The SMILES string of the molecule is CCc1[nH]c(=O)ccc1C(=O)NCc1nc(C)c2c(n1)CCCC2. The van der Waals surface area contributed by atoms with Gasteiger partial charge in [0.25, 0.3) is 5.91 Å². The molecule has 1 aliphatic rings. The predicted molar refractivity (Wildman–Crippen MR) is 91.0 cm³/mol. The molecule has 0 aliphatic heterocycles. The maximum Gasteiger partial charge on any atom is 0.253 e. The van der Waals surface area contributed by atoms with E-state index in [1.807, 2.05) is 13.8 Å². The summed E-state index contributed by atoms with van der Waals surface area (Å²) in [5, 5.41) is 2.86. The number of hydrogen-bond donors (Lipinski definition) is 2. The molecule has 0 radical (unpaired) electrons. The molecule has 0 bridgehead atoms. The fraction of sp³-hybridized carbons (Fsp3) is 0.444. The van der Waals surface area contributed by atoms with Gasteiger partial charge in [0.2, 0.25) is 5.56 Å². The van der Waals surface area contributed by atoms with E-state index in [4.69, 9.17) is 0 Å². The van der Waals surface area contributed by atoms with Crippen molar-refractivity contribution in [2.75, 3.05) is 0 Å². The second-order valence-corrected chi connectivity index (χ2v) is 6.11. The maximum atomic E-state index is 12.4. The molecule has 0 fully saturated rings. The lowest BCUT2D eigenvalue weighted by Crippen LogP contribution is -2.27. The summed E-state index contributed by atoms with van der Waals surface area (Å²) >= 11 is 0. The summed E-state index contributed by atoms with van der Waals surface area (Å²) in [6.07, 6.45) is 4.98. The third-order valence-corrected chi connectivity index (χ3v) is 4.44. The Balaban J connectivity index is 1.75. The Kier molecular flexibility index (Phi) is 4.74. The Morgan fingerprint density at radius 1 is 1.25 bits per heavy atom. The highest BCUT2D eigenvalue weighted by Gasteiger charge is 2.16. The molecule has 24 heavy (non-hydrogen) atoms. The van der Waals surface area contributed by atoms with Crippen molar-refractivity contribution < 1.29 is 4.79 Å². The van der Waals surface area contributed by atoms with E-state index in [-0.39, 0.29) is 18.0 Å². The predicted octanol–water partition coefficient (Wildman–Crippen LogP) is 1.84. The van der Waals surface area contributed by atoms with Crippen LogP contribution in [-0.4, -0.2) is 20.9 Å². The number of amides is 1. The Bertz CT molecular complexity index is 826. The van der Waals surface area contributed by atoms with E-state index < -0.39 is 0 Å². The molecule has 6 heteroatoms. The summed E-state index contributed by atoms with van der Waals surface area (Å²) in [5.41, 5.74) is 4.34. The van der Waals surface area contributed by atoms with E-state index in [9.17, 15) is 9.59 Å². The van der Waals surface area contributed by atoms with Gasteiger partial charge in [0, 0.05) is 23.1 Å². The molecule has 0 aromatic carbocycles. The second-order valence-electron chi connectivity index (χ2n) is 6.11. The van der Waals surface area contributed by atoms with Crippen LogP contribution in [0.2, 0.25) is 0 Å². The molecule has 1 aliphatic carbocycles. The number of aromatic nitrogens is 3. The first-order valence-electron chi connectivity index (χ1n) is 8.44. The highest BCUT2D eigenvalue weighted by atomic mass is 16.1. The monoisotopic (exact) mass is 326 g/mol. The topological polar surface area (TPSA) is 87.7 Å². The van der Waals surface area contributed by atoms with Crippen molar-refractivity contribution in [1.82, 2.24) is 20.3 Å². The number of nitrogens with one attached hydrogen (secondary N) is 2. The number of carbonyl (C=O) groups excluding carboxylic acids is 1. The fourth-order valence-electron chi connectivity index (χ4n) is 3.19. The Hall–Kier alpha value is -2.50. The van der Waals surface area contributed by atoms with E-state index in [0.717, 1.165) is 30.7 Å². The summed E-state index contributed by atoms with van der Waals surface area (Å²) in [6.45, 7) is 4.20. The molecule has 0 saturated carbocycles. The van der Waals surface area contributed by atoms with Crippen LogP contribution >= 0.6 is 0 Å². The summed E-state index contributed by atoms with van der Waals surface area (Å²) < 4.78 is 0. The zero-order valence-corrected chi connectivity index (χ0v) is 14.1. The lowest BCUT2D eigenvalue weighted by atomic mass is 9.95. The van der Waals surface area contributed by atoms with Gasteiger partial charge in [-0.2, -0.15) is 0 Å². The number of nitrogens with zero attached hydrogens (tertiary/aromatic N) is 2. The summed E-state index contributed by atoms with van der Waals surface area (Å²) in [7, 11) is 0. The maximum absolute atomic E-state index is 12.4. The molecule has 2 aromatic heterocycles. The minimum Gasteiger partial charge on any atom is -0.345 e. The van der Waals surface area contributed by atoms with Crippen molar-refractivity contribution in [3.8, 4) is 0 Å². The van der Waals surface area contributed by atoms with E-state index in [1.165, 1.54) is 18.1 Å². The molecule has 126 valence electrons. The number of H-pyrrole nitrogens is 1. The van der Waals surface area contributed by atoms with Crippen LogP contribution in [0.3, 0.4) is 0 Å². The number of hydrogen-bond acceptors (Lipinski definition) is 4. The molecule has 2 heterocycles. The first kappa shape index (κ1) is 16.4. The molecule has 3 rings (SSSR count). The largest absolute Gasteiger partial charge is 0.345 e. The van der Waals surface area contributed by atoms with E-state index in [0.29, 0.717) is 23.5 Å². The normalized spacial score (nSPS) is 13.4. The van der Waals surface area contributed by atoms with Crippen LogP contribution in [0.5, 0.6) is 0 Å². The first-order valence-corrected chi connectivity index (χ1v) is 8.44. The zero-order chi connectivity index (χ0) is 17.1. The average Bonchev–Trinajstić information content (AvgIpc) is 2.59. The quantitative estimate of drug-likeness (QED) is 0.897. The highest BCUT2D eigenvalue weighted by molar-refractivity contribution is 5.95. The molecule has 0 spiro atoms. The lowest BCUT2D eigenvalue weighted by molar-refractivity contribution is 0.0948. The first-order chi connectivity index (χ1) is 11.6. The number of rotatable bonds is 4. The number of aromatic amines is 1. The van der Waals surface area contributed by atoms with Crippen LogP contribution in [0.1, 0.15) is 58.6 Å². The minimum absolute atomic E-state index is 0.197. The third-order valence-electron chi connectivity index (χ3n) is 4.44. The van der Waals surface area contributed by atoms with Gasteiger partial charge in [0.1, 0.15) is 5.82 Å². The summed E-state index contributed by atoms with van der Waals surface area (Å²) in [5.74, 6) is 0.422. The van der Waals surface area contributed by atoms with Crippen LogP contribution in [0.25, 0.3) is 0 Å². The standard InChI is InChI=1S/C18H22N4O2/c1-3-14-13(8-9-17(23)22-14)18(24)19-10-16-20-11(2)12-6-4-5-7-15(12)21-16/h8-9H,3-7,10H2,1-2H3,(H,19,24)(H,22,23). The zero-order valence-electron chi connectivity index (χ0n) is 14.1. The van der Waals surface area contributed by atoms with Crippen molar-refractivity contribution in [3.05, 3.63) is 56.5 Å².